The molecule has 2 aromatic carbocycles. The van der Waals surface area contributed by atoms with Crippen molar-refractivity contribution in [3.8, 4) is 11.1 Å². The Bertz CT molecular complexity index is 687. The molecule has 0 N–H and O–H groups in total. The van der Waals surface area contributed by atoms with Gasteiger partial charge in [0.05, 0.1) is 11.3 Å². The van der Waals surface area contributed by atoms with Crippen LogP contribution in [0.2, 0.25) is 0 Å². The molecule has 0 bridgehead atoms. The Kier molecular flexibility index (Phi) is 4.23. The largest absolute Gasteiger partial charge is 0.300 e. The molecule has 106 valence electrons. The maximum absolute atomic E-state index is 11.7. The number of carbonyl (C=O) groups excluding carboxylic acids is 2. The van der Waals surface area contributed by atoms with E-state index in [4.69, 9.17) is 0 Å². The lowest BCUT2D eigenvalue weighted by atomic mass is 10.0. The van der Waals surface area contributed by atoms with Crippen LogP contribution in [0, 0.1) is 10.1 Å². The lowest BCUT2D eigenvalue weighted by molar-refractivity contribution is -0.384. The molecule has 0 spiro atoms. The van der Waals surface area contributed by atoms with Crippen molar-refractivity contribution >= 4 is 17.3 Å². The predicted octanol–water partition coefficient (Wildman–Crippen LogP) is 3.42. The van der Waals surface area contributed by atoms with E-state index in [-0.39, 0.29) is 23.7 Å². The SMILES string of the molecule is CC(=O)CC(=O)c1ccc(-c2ccc([N+](=O)[O-])cc2)cc1. The van der Waals surface area contributed by atoms with E-state index >= 15 is 0 Å². The van der Waals surface area contributed by atoms with E-state index in [0.717, 1.165) is 11.1 Å². The molecular formula is C16H13NO4. The molecule has 0 atom stereocenters. The van der Waals surface area contributed by atoms with Gasteiger partial charge in [-0.2, -0.15) is 0 Å². The highest BCUT2D eigenvalue weighted by atomic mass is 16.6. The van der Waals surface area contributed by atoms with Crippen LogP contribution >= 0.6 is 0 Å². The molecule has 0 radical (unpaired) electrons. The summed E-state index contributed by atoms with van der Waals surface area (Å²) in [5.41, 5.74) is 2.19. The second-order valence-electron chi connectivity index (χ2n) is 4.68. The average Bonchev–Trinajstić information content (AvgIpc) is 2.47. The minimum atomic E-state index is -0.451. The summed E-state index contributed by atoms with van der Waals surface area (Å²) in [5, 5.41) is 10.6. The molecular weight excluding hydrogens is 270 g/mol. The zero-order chi connectivity index (χ0) is 15.4. The predicted molar refractivity (Wildman–Crippen MR) is 78.2 cm³/mol. The van der Waals surface area contributed by atoms with Crippen LogP contribution in [0.15, 0.2) is 48.5 Å². The van der Waals surface area contributed by atoms with Crippen molar-refractivity contribution in [1.29, 1.82) is 0 Å². The summed E-state index contributed by atoms with van der Waals surface area (Å²) in [4.78, 5) is 32.8. The van der Waals surface area contributed by atoms with Crippen LogP contribution < -0.4 is 0 Å². The first-order valence-electron chi connectivity index (χ1n) is 6.35. The number of Topliss-reactive ketones (excluding diaryl/α,β-unsaturated/α-hetero) is 2. The summed E-state index contributed by atoms with van der Waals surface area (Å²) in [7, 11) is 0. The second-order valence-corrected chi connectivity index (χ2v) is 4.68. The summed E-state index contributed by atoms with van der Waals surface area (Å²) in [5.74, 6) is -0.378. The number of rotatable bonds is 5. The van der Waals surface area contributed by atoms with Crippen LogP contribution in [0.3, 0.4) is 0 Å². The van der Waals surface area contributed by atoms with Gasteiger partial charge in [-0.15, -0.1) is 0 Å². The van der Waals surface area contributed by atoms with E-state index in [1.54, 1.807) is 36.4 Å². The Balaban J connectivity index is 2.20. The number of carbonyl (C=O) groups is 2. The van der Waals surface area contributed by atoms with Crippen LogP contribution in [-0.4, -0.2) is 16.5 Å². The van der Waals surface area contributed by atoms with Gasteiger partial charge in [-0.05, 0) is 30.2 Å². The van der Waals surface area contributed by atoms with Gasteiger partial charge in [-0.3, -0.25) is 19.7 Å². The lowest BCUT2D eigenvalue weighted by Gasteiger charge is -2.03. The zero-order valence-corrected chi connectivity index (χ0v) is 11.4. The number of hydrogen-bond acceptors (Lipinski definition) is 4. The molecule has 0 heterocycles. The standard InChI is InChI=1S/C16H13NO4/c1-11(18)10-16(19)14-4-2-12(3-5-14)13-6-8-15(9-7-13)17(20)21/h2-9H,10H2,1H3. The molecule has 0 fully saturated rings. The summed E-state index contributed by atoms with van der Waals surface area (Å²) >= 11 is 0. The Hall–Kier alpha value is -2.82. The number of nitrogens with zero attached hydrogens (tertiary/aromatic N) is 1. The molecule has 0 aromatic heterocycles. The van der Waals surface area contributed by atoms with Gasteiger partial charge in [0.15, 0.2) is 5.78 Å². The van der Waals surface area contributed by atoms with Crippen LogP contribution in [0.5, 0.6) is 0 Å². The number of non-ortho nitro benzene ring substituents is 1. The van der Waals surface area contributed by atoms with E-state index in [2.05, 4.69) is 0 Å². The Morgan fingerprint density at radius 1 is 0.952 bits per heavy atom. The maximum Gasteiger partial charge on any atom is 0.269 e. The molecule has 0 unspecified atom stereocenters. The van der Waals surface area contributed by atoms with Gasteiger partial charge in [0.1, 0.15) is 5.78 Å². The summed E-state index contributed by atoms with van der Waals surface area (Å²) in [6.45, 7) is 1.38. The highest BCUT2D eigenvalue weighted by Crippen LogP contribution is 2.23. The van der Waals surface area contributed by atoms with Gasteiger partial charge in [0, 0.05) is 17.7 Å². The van der Waals surface area contributed by atoms with Crippen molar-refractivity contribution in [2.75, 3.05) is 0 Å². The fourth-order valence-electron chi connectivity index (χ4n) is 1.95. The first kappa shape index (κ1) is 14.6. The topological polar surface area (TPSA) is 77.3 Å². The quantitative estimate of drug-likeness (QED) is 0.364. The Morgan fingerprint density at radius 2 is 1.43 bits per heavy atom. The number of benzene rings is 2. The summed E-state index contributed by atoms with van der Waals surface area (Å²) < 4.78 is 0. The lowest BCUT2D eigenvalue weighted by Crippen LogP contribution is -2.04. The van der Waals surface area contributed by atoms with E-state index < -0.39 is 4.92 Å². The molecule has 0 saturated heterocycles. The van der Waals surface area contributed by atoms with Gasteiger partial charge < -0.3 is 0 Å². The van der Waals surface area contributed by atoms with Gasteiger partial charge >= 0.3 is 0 Å². The minimum Gasteiger partial charge on any atom is -0.300 e. The third-order valence-corrected chi connectivity index (χ3v) is 3.03. The monoisotopic (exact) mass is 283 g/mol. The van der Waals surface area contributed by atoms with Crippen molar-refractivity contribution in [3.63, 3.8) is 0 Å². The van der Waals surface area contributed by atoms with E-state index in [1.165, 1.54) is 19.1 Å². The molecule has 5 nitrogen and oxygen atoms in total. The molecule has 5 heteroatoms. The number of nitro benzene ring substituents is 1. The molecule has 0 aliphatic heterocycles. The van der Waals surface area contributed by atoms with Gasteiger partial charge in [0.25, 0.3) is 5.69 Å². The van der Waals surface area contributed by atoms with E-state index in [9.17, 15) is 19.7 Å². The third-order valence-electron chi connectivity index (χ3n) is 3.03. The smallest absolute Gasteiger partial charge is 0.269 e. The molecule has 0 amide bonds. The average molecular weight is 283 g/mol. The molecule has 21 heavy (non-hydrogen) atoms. The fourth-order valence-corrected chi connectivity index (χ4v) is 1.95. The normalized spacial score (nSPS) is 10.1. The van der Waals surface area contributed by atoms with Crippen LogP contribution in [-0.2, 0) is 4.79 Å². The van der Waals surface area contributed by atoms with Crippen molar-refractivity contribution in [1.82, 2.24) is 0 Å². The highest BCUT2D eigenvalue weighted by Gasteiger charge is 2.09. The highest BCUT2D eigenvalue weighted by molar-refractivity contribution is 6.07. The third kappa shape index (κ3) is 3.60. The Labute approximate surface area is 121 Å². The second kappa shape index (κ2) is 6.09. The van der Waals surface area contributed by atoms with E-state index in [0.29, 0.717) is 5.56 Å². The summed E-state index contributed by atoms with van der Waals surface area (Å²) in [6, 6.07) is 13.0. The van der Waals surface area contributed by atoms with Crippen LogP contribution in [0.1, 0.15) is 23.7 Å². The molecule has 0 saturated carbocycles. The van der Waals surface area contributed by atoms with Gasteiger partial charge in [-0.25, -0.2) is 0 Å². The summed E-state index contributed by atoms with van der Waals surface area (Å²) in [6.07, 6.45) is -0.100. The maximum atomic E-state index is 11.7. The van der Waals surface area contributed by atoms with Crippen molar-refractivity contribution in [2.45, 2.75) is 13.3 Å². The van der Waals surface area contributed by atoms with Crippen LogP contribution in [0.4, 0.5) is 5.69 Å². The van der Waals surface area contributed by atoms with E-state index in [1.807, 2.05) is 0 Å². The van der Waals surface area contributed by atoms with Crippen molar-refractivity contribution in [3.05, 3.63) is 64.2 Å². The first-order chi connectivity index (χ1) is 9.97. The van der Waals surface area contributed by atoms with Gasteiger partial charge in [0.2, 0.25) is 0 Å². The molecule has 2 rings (SSSR count). The van der Waals surface area contributed by atoms with Crippen molar-refractivity contribution < 1.29 is 14.5 Å². The molecule has 0 aliphatic carbocycles. The zero-order valence-electron chi connectivity index (χ0n) is 11.4. The number of ketones is 2. The van der Waals surface area contributed by atoms with Crippen LogP contribution in [0.25, 0.3) is 11.1 Å². The first-order valence-corrected chi connectivity index (χ1v) is 6.35. The fraction of sp³-hybridized carbons (Fsp3) is 0.125. The molecule has 2 aromatic rings. The van der Waals surface area contributed by atoms with Gasteiger partial charge in [-0.1, -0.05) is 24.3 Å². The van der Waals surface area contributed by atoms with Crippen molar-refractivity contribution in [2.24, 2.45) is 0 Å². The number of nitro groups is 1. The Morgan fingerprint density at radius 3 is 1.86 bits per heavy atom. The number of hydrogen-bond donors (Lipinski definition) is 0. The minimum absolute atomic E-state index is 0.0343. The molecule has 0 aliphatic rings.